The Morgan fingerprint density at radius 1 is 1.21 bits per heavy atom. The summed E-state index contributed by atoms with van der Waals surface area (Å²) in [5.41, 5.74) is 1.45. The number of nitrogens with zero attached hydrogens (tertiary/aromatic N) is 2. The Labute approximate surface area is 205 Å². The quantitative estimate of drug-likeness (QED) is 0.556. The minimum absolute atomic E-state index is 0.0598. The number of aromatic amines is 1. The van der Waals surface area contributed by atoms with Gasteiger partial charge < -0.3 is 20.1 Å². The molecule has 10 heteroatoms. The highest BCUT2D eigenvalue weighted by molar-refractivity contribution is 6.35. The van der Waals surface area contributed by atoms with Crippen LogP contribution < -0.4 is 10.9 Å². The third kappa shape index (κ3) is 4.48. The topological polar surface area (TPSA) is 85.5 Å². The zero-order chi connectivity index (χ0) is 24.7. The monoisotopic (exact) mass is 504 g/mol. The molecule has 1 aliphatic heterocycles. The fourth-order valence-electron chi connectivity index (χ4n) is 4.30. The molecule has 1 aromatic heterocycles. The van der Waals surface area contributed by atoms with Crippen LogP contribution in [0.3, 0.4) is 0 Å². The van der Waals surface area contributed by atoms with Crippen molar-refractivity contribution in [2.45, 2.75) is 19.4 Å². The molecule has 178 valence electrons. The molecule has 2 aromatic carbocycles. The number of nitrogens with one attached hydrogen (secondary N) is 2. The number of hydrogen-bond acceptors (Lipinski definition) is 4. The summed E-state index contributed by atoms with van der Waals surface area (Å²) in [7, 11) is 3.13. The molecule has 0 fully saturated rings. The third-order valence-electron chi connectivity index (χ3n) is 6.01. The van der Waals surface area contributed by atoms with E-state index in [1.807, 2.05) is 13.0 Å². The summed E-state index contributed by atoms with van der Waals surface area (Å²) in [5.74, 6) is -1.28. The van der Waals surface area contributed by atoms with Crippen molar-refractivity contribution in [2.24, 2.45) is 0 Å². The maximum atomic E-state index is 14.7. The Morgan fingerprint density at radius 3 is 2.65 bits per heavy atom. The Morgan fingerprint density at radius 2 is 1.94 bits per heavy atom. The van der Waals surface area contributed by atoms with Gasteiger partial charge in [-0.2, -0.15) is 0 Å². The molecule has 0 bridgehead atoms. The molecule has 0 saturated carbocycles. The zero-order valence-electron chi connectivity index (χ0n) is 18.8. The summed E-state index contributed by atoms with van der Waals surface area (Å²) in [6.45, 7) is 2.22. The van der Waals surface area contributed by atoms with Gasteiger partial charge in [-0.25, -0.2) is 4.39 Å². The molecule has 3 aromatic rings. The van der Waals surface area contributed by atoms with E-state index < -0.39 is 11.4 Å². The van der Waals surface area contributed by atoms with Crippen LogP contribution in [0.15, 0.2) is 35.1 Å². The Bertz CT molecular complexity index is 1370. The SMILES string of the molecule is CC1c2c(Cl)cc(Cl)cc2CCN1C(=O)CNc1cc2cc(C(=O)N(C)C)[nH]c(=O)c2cc1F. The number of pyridine rings is 1. The number of halogens is 3. The fraction of sp³-hybridized carbons (Fsp3) is 0.292. The van der Waals surface area contributed by atoms with Crippen molar-refractivity contribution in [3.8, 4) is 0 Å². The van der Waals surface area contributed by atoms with E-state index >= 15 is 0 Å². The lowest BCUT2D eigenvalue weighted by atomic mass is 9.93. The van der Waals surface area contributed by atoms with Crippen LogP contribution in [0.25, 0.3) is 10.8 Å². The number of rotatable bonds is 4. The second-order valence-electron chi connectivity index (χ2n) is 8.46. The average Bonchev–Trinajstić information content (AvgIpc) is 2.77. The van der Waals surface area contributed by atoms with Gasteiger partial charge in [0.1, 0.15) is 11.5 Å². The minimum atomic E-state index is -0.674. The van der Waals surface area contributed by atoms with Gasteiger partial charge in [-0.1, -0.05) is 23.2 Å². The first-order valence-electron chi connectivity index (χ1n) is 10.7. The number of carbonyl (C=O) groups is 2. The predicted octanol–water partition coefficient (Wildman–Crippen LogP) is 4.23. The van der Waals surface area contributed by atoms with E-state index in [9.17, 15) is 18.8 Å². The first-order valence-corrected chi connectivity index (χ1v) is 11.4. The van der Waals surface area contributed by atoms with E-state index in [2.05, 4.69) is 10.3 Å². The molecule has 4 rings (SSSR count). The second kappa shape index (κ2) is 9.27. The van der Waals surface area contributed by atoms with Gasteiger partial charge in [0.25, 0.3) is 11.5 Å². The van der Waals surface area contributed by atoms with Gasteiger partial charge in [0.15, 0.2) is 0 Å². The molecule has 1 unspecified atom stereocenters. The summed E-state index contributed by atoms with van der Waals surface area (Å²) in [6, 6.07) is 7.26. The summed E-state index contributed by atoms with van der Waals surface area (Å²) < 4.78 is 14.7. The van der Waals surface area contributed by atoms with E-state index in [-0.39, 0.29) is 41.2 Å². The lowest BCUT2D eigenvalue weighted by Crippen LogP contribution is -2.42. The predicted molar refractivity (Wildman–Crippen MR) is 131 cm³/mol. The minimum Gasteiger partial charge on any atom is -0.374 e. The maximum absolute atomic E-state index is 14.7. The Balaban J connectivity index is 1.56. The zero-order valence-corrected chi connectivity index (χ0v) is 20.4. The van der Waals surface area contributed by atoms with Crippen LogP contribution in [0.4, 0.5) is 10.1 Å². The van der Waals surface area contributed by atoms with E-state index in [4.69, 9.17) is 23.2 Å². The van der Waals surface area contributed by atoms with Crippen molar-refractivity contribution in [1.29, 1.82) is 0 Å². The van der Waals surface area contributed by atoms with Crippen molar-refractivity contribution >= 4 is 51.5 Å². The molecule has 34 heavy (non-hydrogen) atoms. The molecule has 1 aliphatic rings. The van der Waals surface area contributed by atoms with Gasteiger partial charge in [-0.3, -0.25) is 14.4 Å². The summed E-state index contributed by atoms with van der Waals surface area (Å²) in [5, 5.41) is 4.39. The highest BCUT2D eigenvalue weighted by Crippen LogP contribution is 2.37. The summed E-state index contributed by atoms with van der Waals surface area (Å²) in [6.07, 6.45) is 0.613. The summed E-state index contributed by atoms with van der Waals surface area (Å²) in [4.78, 5) is 43.1. The molecule has 1 atom stereocenters. The van der Waals surface area contributed by atoms with E-state index in [1.165, 1.54) is 17.0 Å². The van der Waals surface area contributed by atoms with Gasteiger partial charge in [0.05, 0.1) is 23.7 Å². The number of H-pyrrole nitrogens is 1. The number of hydrogen-bond donors (Lipinski definition) is 2. The van der Waals surface area contributed by atoms with Crippen LogP contribution in [0.2, 0.25) is 10.0 Å². The van der Waals surface area contributed by atoms with Crippen LogP contribution in [-0.4, -0.2) is 53.8 Å². The standard InChI is InChI=1S/C24H23Cl2FN4O3/c1-12-22-13(6-15(25)9-17(22)26)4-5-31(12)21(32)11-28-19-7-14-8-20(24(34)30(2)3)29-23(33)16(14)10-18(19)27/h6-10,12,28H,4-5,11H2,1-3H3,(H,29,33). The largest absolute Gasteiger partial charge is 0.374 e. The van der Waals surface area contributed by atoms with E-state index in [0.29, 0.717) is 28.4 Å². The van der Waals surface area contributed by atoms with Crippen LogP contribution in [0, 0.1) is 5.82 Å². The normalized spacial score (nSPS) is 15.2. The molecule has 0 radical (unpaired) electrons. The molecule has 0 aliphatic carbocycles. The highest BCUT2D eigenvalue weighted by atomic mass is 35.5. The molecule has 0 saturated heterocycles. The second-order valence-corrected chi connectivity index (χ2v) is 9.30. The maximum Gasteiger partial charge on any atom is 0.269 e. The molecule has 2 heterocycles. The van der Waals surface area contributed by atoms with Gasteiger partial charge in [0.2, 0.25) is 5.91 Å². The Kier molecular flexibility index (Phi) is 6.55. The number of fused-ring (bicyclic) bond motifs is 2. The van der Waals surface area contributed by atoms with Crippen molar-refractivity contribution < 1.29 is 14.0 Å². The smallest absolute Gasteiger partial charge is 0.269 e. The van der Waals surface area contributed by atoms with Crippen LogP contribution in [0.5, 0.6) is 0 Å². The molecule has 7 nitrogen and oxygen atoms in total. The summed E-state index contributed by atoms with van der Waals surface area (Å²) >= 11 is 12.5. The molecule has 2 amide bonds. The van der Waals surface area contributed by atoms with Gasteiger partial charge >= 0.3 is 0 Å². The van der Waals surface area contributed by atoms with Crippen molar-refractivity contribution in [3.63, 3.8) is 0 Å². The van der Waals surface area contributed by atoms with E-state index in [1.54, 1.807) is 25.1 Å². The lowest BCUT2D eigenvalue weighted by molar-refractivity contribution is -0.131. The number of anilines is 1. The van der Waals surface area contributed by atoms with Gasteiger partial charge in [-0.15, -0.1) is 0 Å². The molecule has 0 spiro atoms. The first kappa shape index (κ1) is 24.0. The van der Waals surface area contributed by atoms with Crippen LogP contribution in [-0.2, 0) is 11.2 Å². The number of aromatic nitrogens is 1. The van der Waals surface area contributed by atoms with Crippen LogP contribution in [0.1, 0.15) is 34.6 Å². The fourth-order valence-corrected chi connectivity index (χ4v) is 4.99. The van der Waals surface area contributed by atoms with Crippen molar-refractivity contribution in [3.05, 3.63) is 73.4 Å². The van der Waals surface area contributed by atoms with Gasteiger partial charge in [-0.05, 0) is 60.2 Å². The Hall–Kier alpha value is -3.10. The highest BCUT2D eigenvalue weighted by Gasteiger charge is 2.29. The van der Waals surface area contributed by atoms with Crippen molar-refractivity contribution in [1.82, 2.24) is 14.8 Å². The number of benzene rings is 2. The van der Waals surface area contributed by atoms with Gasteiger partial charge in [0, 0.05) is 30.7 Å². The van der Waals surface area contributed by atoms with Crippen molar-refractivity contribution in [2.75, 3.05) is 32.5 Å². The molecular formula is C24H23Cl2FN4O3. The number of carbonyl (C=O) groups excluding carboxylic acids is 2. The lowest BCUT2D eigenvalue weighted by Gasteiger charge is -2.36. The van der Waals surface area contributed by atoms with E-state index in [0.717, 1.165) is 17.2 Å². The third-order valence-corrected chi connectivity index (χ3v) is 6.54. The average molecular weight is 505 g/mol. The van der Waals surface area contributed by atoms with Crippen LogP contribution >= 0.6 is 23.2 Å². The number of amides is 2. The first-order chi connectivity index (χ1) is 16.1. The molecule has 2 N–H and O–H groups in total. The molecular weight excluding hydrogens is 482 g/mol.